The van der Waals surface area contributed by atoms with Crippen molar-refractivity contribution < 1.29 is 9.59 Å². The summed E-state index contributed by atoms with van der Waals surface area (Å²) < 4.78 is 0. The van der Waals surface area contributed by atoms with Crippen molar-refractivity contribution in [3.63, 3.8) is 0 Å². The number of hydrogen-bond donors (Lipinski definition) is 0. The van der Waals surface area contributed by atoms with Crippen LogP contribution < -0.4 is 0 Å². The van der Waals surface area contributed by atoms with E-state index in [-0.39, 0.29) is 11.7 Å². The maximum Gasteiger partial charge on any atom is 0.254 e. The number of thiophene rings is 1. The van der Waals surface area contributed by atoms with Crippen molar-refractivity contribution in [3.05, 3.63) is 57.8 Å². The average Bonchev–Trinajstić information content (AvgIpc) is 3.03. The standard InChI is InChI=1S/C21H26N2O2S/c1-17(24)20-15-19(16-26-20)21(25)23-12-6-11-22(13-14-23)10-5-9-18-7-3-2-4-8-18/h2-4,7-8,15-16H,5-6,9-14H2,1H3. The molecule has 0 bridgehead atoms. The Morgan fingerprint density at radius 3 is 2.62 bits per heavy atom. The molecule has 1 aromatic carbocycles. The molecular weight excluding hydrogens is 344 g/mol. The van der Waals surface area contributed by atoms with Crippen LogP contribution >= 0.6 is 11.3 Å². The summed E-state index contributed by atoms with van der Waals surface area (Å²) in [5.41, 5.74) is 2.04. The second-order valence-electron chi connectivity index (χ2n) is 6.83. The summed E-state index contributed by atoms with van der Waals surface area (Å²) in [7, 11) is 0. The van der Waals surface area contributed by atoms with Crippen LogP contribution in [0.3, 0.4) is 0 Å². The summed E-state index contributed by atoms with van der Waals surface area (Å²) in [6.45, 7) is 6.13. The number of hydrogen-bond acceptors (Lipinski definition) is 4. The normalized spacial score (nSPS) is 15.7. The van der Waals surface area contributed by atoms with E-state index in [9.17, 15) is 9.59 Å². The molecule has 1 aliphatic heterocycles. The highest BCUT2D eigenvalue weighted by atomic mass is 32.1. The lowest BCUT2D eigenvalue weighted by atomic mass is 10.1. The van der Waals surface area contributed by atoms with Gasteiger partial charge in [0.05, 0.1) is 10.4 Å². The highest BCUT2D eigenvalue weighted by Gasteiger charge is 2.21. The molecule has 5 heteroatoms. The van der Waals surface area contributed by atoms with Crippen LogP contribution in [-0.2, 0) is 6.42 Å². The third kappa shape index (κ3) is 5.02. The number of nitrogens with zero attached hydrogens (tertiary/aromatic N) is 2. The summed E-state index contributed by atoms with van der Waals surface area (Å²) in [4.78, 5) is 29.2. The van der Waals surface area contributed by atoms with Crippen LogP contribution in [0.25, 0.3) is 0 Å². The first-order valence-electron chi connectivity index (χ1n) is 9.28. The van der Waals surface area contributed by atoms with Crippen LogP contribution in [-0.4, -0.2) is 54.2 Å². The Balaban J connectivity index is 1.48. The van der Waals surface area contributed by atoms with Gasteiger partial charge in [-0.05, 0) is 50.9 Å². The van der Waals surface area contributed by atoms with Gasteiger partial charge in [0, 0.05) is 25.0 Å². The molecule has 1 aromatic heterocycles. The van der Waals surface area contributed by atoms with E-state index in [1.807, 2.05) is 10.3 Å². The van der Waals surface area contributed by atoms with Gasteiger partial charge in [0.2, 0.25) is 0 Å². The minimum atomic E-state index is 0.0227. The molecule has 0 saturated carbocycles. The Hall–Kier alpha value is -1.98. The van der Waals surface area contributed by atoms with Crippen LogP contribution in [0.1, 0.15) is 45.4 Å². The second kappa shape index (κ2) is 9.10. The van der Waals surface area contributed by atoms with E-state index in [0.717, 1.165) is 52.0 Å². The average molecular weight is 371 g/mol. The van der Waals surface area contributed by atoms with Crippen molar-refractivity contribution in [1.82, 2.24) is 9.80 Å². The van der Waals surface area contributed by atoms with Gasteiger partial charge < -0.3 is 9.80 Å². The van der Waals surface area contributed by atoms with Gasteiger partial charge in [0.25, 0.3) is 5.91 Å². The van der Waals surface area contributed by atoms with Crippen molar-refractivity contribution in [2.75, 3.05) is 32.7 Å². The van der Waals surface area contributed by atoms with Crippen molar-refractivity contribution >= 4 is 23.0 Å². The van der Waals surface area contributed by atoms with Crippen LogP contribution in [0.4, 0.5) is 0 Å². The Morgan fingerprint density at radius 1 is 1.08 bits per heavy atom. The molecule has 2 heterocycles. The Labute approximate surface area is 159 Å². The smallest absolute Gasteiger partial charge is 0.254 e. The zero-order valence-corrected chi connectivity index (χ0v) is 16.1. The topological polar surface area (TPSA) is 40.6 Å². The largest absolute Gasteiger partial charge is 0.337 e. The van der Waals surface area contributed by atoms with Gasteiger partial charge in [-0.15, -0.1) is 11.3 Å². The summed E-state index contributed by atoms with van der Waals surface area (Å²) in [6.07, 6.45) is 3.24. The number of Topliss-reactive ketones (excluding diaryl/α,β-unsaturated/α-hetero) is 1. The second-order valence-corrected chi connectivity index (χ2v) is 7.74. The fourth-order valence-corrected chi connectivity index (χ4v) is 4.15. The lowest BCUT2D eigenvalue weighted by molar-refractivity contribution is 0.0762. The third-order valence-corrected chi connectivity index (χ3v) is 5.88. The molecule has 4 nitrogen and oxygen atoms in total. The lowest BCUT2D eigenvalue weighted by Crippen LogP contribution is -2.35. The summed E-state index contributed by atoms with van der Waals surface area (Å²) in [5, 5.41) is 1.81. The molecule has 0 spiro atoms. The minimum absolute atomic E-state index is 0.0227. The van der Waals surface area contributed by atoms with E-state index >= 15 is 0 Å². The first-order valence-corrected chi connectivity index (χ1v) is 10.2. The molecule has 0 aliphatic carbocycles. The lowest BCUT2D eigenvalue weighted by Gasteiger charge is -2.21. The van der Waals surface area contributed by atoms with Crippen LogP contribution in [0, 0.1) is 0 Å². The van der Waals surface area contributed by atoms with Gasteiger partial charge >= 0.3 is 0 Å². The molecule has 1 aliphatic rings. The molecule has 0 N–H and O–H groups in total. The Kier molecular flexibility index (Phi) is 6.58. The highest BCUT2D eigenvalue weighted by Crippen LogP contribution is 2.18. The van der Waals surface area contributed by atoms with Gasteiger partial charge in [-0.2, -0.15) is 0 Å². The van der Waals surface area contributed by atoms with Gasteiger partial charge in [0.1, 0.15) is 0 Å². The maximum absolute atomic E-state index is 12.7. The molecular formula is C21H26N2O2S. The monoisotopic (exact) mass is 370 g/mol. The molecule has 1 saturated heterocycles. The fourth-order valence-electron chi connectivity index (χ4n) is 3.36. The molecule has 0 atom stereocenters. The van der Waals surface area contributed by atoms with Crippen molar-refractivity contribution in [1.29, 1.82) is 0 Å². The number of benzene rings is 1. The Morgan fingerprint density at radius 2 is 1.88 bits per heavy atom. The van der Waals surface area contributed by atoms with E-state index in [1.54, 1.807) is 13.0 Å². The number of amides is 1. The first kappa shape index (κ1) is 18.8. The van der Waals surface area contributed by atoms with Crippen molar-refractivity contribution in [2.45, 2.75) is 26.2 Å². The van der Waals surface area contributed by atoms with E-state index in [0.29, 0.717) is 10.4 Å². The zero-order valence-electron chi connectivity index (χ0n) is 15.3. The maximum atomic E-state index is 12.7. The van der Waals surface area contributed by atoms with Crippen LogP contribution in [0.15, 0.2) is 41.8 Å². The van der Waals surface area contributed by atoms with E-state index in [2.05, 4.69) is 35.2 Å². The number of carbonyl (C=O) groups is 2. The number of aryl methyl sites for hydroxylation is 1. The first-order chi connectivity index (χ1) is 12.6. The Bertz CT molecular complexity index is 741. The fraction of sp³-hybridized carbons (Fsp3) is 0.429. The summed E-state index contributed by atoms with van der Waals surface area (Å²) in [5.74, 6) is 0.0781. The zero-order chi connectivity index (χ0) is 18.4. The molecule has 0 radical (unpaired) electrons. The van der Waals surface area contributed by atoms with Gasteiger partial charge in [-0.1, -0.05) is 30.3 Å². The molecule has 2 aromatic rings. The summed E-state index contributed by atoms with van der Waals surface area (Å²) in [6, 6.07) is 12.3. The van der Waals surface area contributed by atoms with Crippen LogP contribution in [0.2, 0.25) is 0 Å². The van der Waals surface area contributed by atoms with E-state index in [4.69, 9.17) is 0 Å². The third-order valence-electron chi connectivity index (χ3n) is 4.85. The number of carbonyl (C=O) groups excluding carboxylic acids is 2. The molecule has 3 rings (SSSR count). The van der Waals surface area contributed by atoms with Crippen molar-refractivity contribution in [2.24, 2.45) is 0 Å². The molecule has 0 unspecified atom stereocenters. The number of rotatable bonds is 6. The van der Waals surface area contributed by atoms with E-state index < -0.39 is 0 Å². The van der Waals surface area contributed by atoms with E-state index in [1.165, 1.54) is 16.9 Å². The van der Waals surface area contributed by atoms with Gasteiger partial charge in [0.15, 0.2) is 5.78 Å². The van der Waals surface area contributed by atoms with Crippen molar-refractivity contribution in [3.8, 4) is 0 Å². The van der Waals surface area contributed by atoms with Gasteiger partial charge in [-0.25, -0.2) is 0 Å². The molecule has 26 heavy (non-hydrogen) atoms. The van der Waals surface area contributed by atoms with Gasteiger partial charge in [-0.3, -0.25) is 9.59 Å². The van der Waals surface area contributed by atoms with Crippen LogP contribution in [0.5, 0.6) is 0 Å². The summed E-state index contributed by atoms with van der Waals surface area (Å²) >= 11 is 1.36. The minimum Gasteiger partial charge on any atom is -0.337 e. The highest BCUT2D eigenvalue weighted by molar-refractivity contribution is 7.12. The predicted octanol–water partition coefficient (Wildman–Crippen LogP) is 3.73. The molecule has 1 fully saturated rings. The molecule has 138 valence electrons. The predicted molar refractivity (Wildman–Crippen MR) is 106 cm³/mol. The number of ketones is 1. The SMILES string of the molecule is CC(=O)c1cc(C(=O)N2CCCN(CCCc3ccccc3)CC2)cs1. The quantitative estimate of drug-likeness (QED) is 0.728. The molecule has 1 amide bonds.